The molecule has 0 spiro atoms. The van der Waals surface area contributed by atoms with Crippen LogP contribution in [0.25, 0.3) is 10.9 Å². The maximum Gasteiger partial charge on any atom is 0.283 e. The van der Waals surface area contributed by atoms with E-state index in [0.29, 0.717) is 12.2 Å². The SMILES string of the molecule is NNC(=O)c1cccc(Cn2ccc3ccccc32)n1. The standard InChI is InChI=1S/C15H14N4O/c16-18-15(20)13-6-3-5-12(17-13)10-19-9-8-11-4-1-2-7-14(11)19/h1-9H,10,16H2,(H,18,20). The number of aromatic nitrogens is 2. The number of nitrogens with two attached hydrogens (primary N) is 1. The van der Waals surface area contributed by atoms with E-state index in [1.807, 2.05) is 24.4 Å². The Bertz CT molecular complexity index is 763. The van der Waals surface area contributed by atoms with Gasteiger partial charge in [-0.05, 0) is 29.7 Å². The van der Waals surface area contributed by atoms with E-state index in [4.69, 9.17) is 5.84 Å². The normalized spacial score (nSPS) is 10.7. The highest BCUT2D eigenvalue weighted by atomic mass is 16.2. The van der Waals surface area contributed by atoms with E-state index >= 15 is 0 Å². The number of rotatable bonds is 3. The molecule has 3 rings (SSSR count). The highest BCUT2D eigenvalue weighted by Crippen LogP contribution is 2.16. The third-order valence-electron chi connectivity index (χ3n) is 3.18. The zero-order valence-electron chi connectivity index (χ0n) is 10.8. The van der Waals surface area contributed by atoms with Gasteiger partial charge < -0.3 is 4.57 Å². The molecule has 0 unspecified atom stereocenters. The largest absolute Gasteiger partial charge is 0.341 e. The molecule has 0 bridgehead atoms. The number of hydrazine groups is 1. The Balaban J connectivity index is 1.93. The summed E-state index contributed by atoms with van der Waals surface area (Å²) in [6.07, 6.45) is 2.02. The number of hydrogen-bond acceptors (Lipinski definition) is 3. The number of nitrogens with zero attached hydrogens (tertiary/aromatic N) is 2. The first kappa shape index (κ1) is 12.4. The van der Waals surface area contributed by atoms with Crippen LogP contribution in [0.1, 0.15) is 16.2 Å². The van der Waals surface area contributed by atoms with Gasteiger partial charge in [-0.2, -0.15) is 0 Å². The molecule has 0 saturated carbocycles. The molecule has 0 atom stereocenters. The number of carbonyl (C=O) groups is 1. The molecule has 0 fully saturated rings. The fraction of sp³-hybridized carbons (Fsp3) is 0.0667. The Morgan fingerprint density at radius 3 is 2.85 bits per heavy atom. The van der Waals surface area contributed by atoms with Gasteiger partial charge in [-0.1, -0.05) is 24.3 Å². The Hall–Kier alpha value is -2.66. The maximum absolute atomic E-state index is 11.5. The van der Waals surface area contributed by atoms with Crippen LogP contribution in [0.3, 0.4) is 0 Å². The van der Waals surface area contributed by atoms with Crippen molar-refractivity contribution in [2.24, 2.45) is 5.84 Å². The van der Waals surface area contributed by atoms with Gasteiger partial charge in [-0.15, -0.1) is 0 Å². The second-order valence-electron chi connectivity index (χ2n) is 4.49. The van der Waals surface area contributed by atoms with Crippen LogP contribution in [0, 0.1) is 0 Å². The van der Waals surface area contributed by atoms with Gasteiger partial charge in [0.15, 0.2) is 0 Å². The minimum atomic E-state index is -0.385. The monoisotopic (exact) mass is 266 g/mol. The van der Waals surface area contributed by atoms with Crippen LogP contribution in [0.15, 0.2) is 54.7 Å². The van der Waals surface area contributed by atoms with Crippen LogP contribution in [-0.2, 0) is 6.54 Å². The number of para-hydroxylation sites is 1. The lowest BCUT2D eigenvalue weighted by atomic mass is 10.2. The topological polar surface area (TPSA) is 72.9 Å². The van der Waals surface area contributed by atoms with Gasteiger partial charge in [0.05, 0.1) is 12.2 Å². The molecule has 0 saturated heterocycles. The summed E-state index contributed by atoms with van der Waals surface area (Å²) in [5.41, 5.74) is 4.36. The van der Waals surface area contributed by atoms with Gasteiger partial charge in [-0.25, -0.2) is 10.8 Å². The van der Waals surface area contributed by atoms with Crippen molar-refractivity contribution in [1.29, 1.82) is 0 Å². The number of pyridine rings is 1. The van der Waals surface area contributed by atoms with Gasteiger partial charge in [-0.3, -0.25) is 10.2 Å². The number of amides is 1. The van der Waals surface area contributed by atoms with E-state index in [-0.39, 0.29) is 5.91 Å². The summed E-state index contributed by atoms with van der Waals surface area (Å²) in [4.78, 5) is 15.8. The zero-order valence-corrected chi connectivity index (χ0v) is 10.8. The quantitative estimate of drug-likeness (QED) is 0.430. The number of nitrogens with one attached hydrogen (secondary N) is 1. The minimum Gasteiger partial charge on any atom is -0.341 e. The summed E-state index contributed by atoms with van der Waals surface area (Å²) in [5, 5.41) is 1.18. The molecule has 0 aliphatic carbocycles. The van der Waals surface area contributed by atoms with Crippen molar-refractivity contribution in [3.8, 4) is 0 Å². The fourth-order valence-electron chi connectivity index (χ4n) is 2.22. The van der Waals surface area contributed by atoms with E-state index in [2.05, 4.69) is 33.2 Å². The molecule has 3 N–H and O–H groups in total. The van der Waals surface area contributed by atoms with Crippen molar-refractivity contribution >= 4 is 16.8 Å². The van der Waals surface area contributed by atoms with Crippen molar-refractivity contribution in [3.05, 3.63) is 66.1 Å². The summed E-state index contributed by atoms with van der Waals surface area (Å²) in [5.74, 6) is 4.73. The molecule has 0 aliphatic heterocycles. The molecule has 100 valence electrons. The zero-order chi connectivity index (χ0) is 13.9. The highest BCUT2D eigenvalue weighted by Gasteiger charge is 2.07. The molecule has 3 aromatic rings. The van der Waals surface area contributed by atoms with Crippen LogP contribution in [-0.4, -0.2) is 15.5 Å². The molecule has 20 heavy (non-hydrogen) atoms. The molecule has 2 heterocycles. The molecule has 1 aromatic carbocycles. The first-order valence-corrected chi connectivity index (χ1v) is 6.28. The highest BCUT2D eigenvalue weighted by molar-refractivity contribution is 5.91. The van der Waals surface area contributed by atoms with E-state index < -0.39 is 0 Å². The molecule has 5 nitrogen and oxygen atoms in total. The predicted octanol–water partition coefficient (Wildman–Crippen LogP) is 1.69. The van der Waals surface area contributed by atoms with Crippen molar-refractivity contribution < 1.29 is 4.79 Å². The van der Waals surface area contributed by atoms with E-state index in [0.717, 1.165) is 11.2 Å². The van der Waals surface area contributed by atoms with Crippen LogP contribution in [0.5, 0.6) is 0 Å². The molecular formula is C15H14N4O. The van der Waals surface area contributed by atoms with E-state index in [1.54, 1.807) is 12.1 Å². The second-order valence-corrected chi connectivity index (χ2v) is 4.49. The second kappa shape index (κ2) is 5.14. The summed E-state index contributed by atoms with van der Waals surface area (Å²) >= 11 is 0. The molecule has 0 radical (unpaired) electrons. The number of fused-ring (bicyclic) bond motifs is 1. The molecule has 0 aliphatic rings. The maximum atomic E-state index is 11.5. The van der Waals surface area contributed by atoms with Crippen molar-refractivity contribution in [3.63, 3.8) is 0 Å². The van der Waals surface area contributed by atoms with Crippen molar-refractivity contribution in [1.82, 2.24) is 15.0 Å². The molecule has 2 aromatic heterocycles. The summed E-state index contributed by atoms with van der Waals surface area (Å²) in [6, 6.07) is 15.5. The Morgan fingerprint density at radius 2 is 2.00 bits per heavy atom. The predicted molar refractivity (Wildman–Crippen MR) is 76.9 cm³/mol. The Morgan fingerprint density at radius 1 is 1.15 bits per heavy atom. The average Bonchev–Trinajstić information content (AvgIpc) is 2.90. The van der Waals surface area contributed by atoms with E-state index in [1.165, 1.54) is 5.39 Å². The summed E-state index contributed by atoms with van der Waals surface area (Å²) in [7, 11) is 0. The lowest BCUT2D eigenvalue weighted by molar-refractivity contribution is 0.0948. The number of benzene rings is 1. The Kier molecular flexibility index (Phi) is 3.18. The fourth-order valence-corrected chi connectivity index (χ4v) is 2.22. The lowest BCUT2D eigenvalue weighted by Gasteiger charge is -2.06. The van der Waals surface area contributed by atoms with Crippen LogP contribution < -0.4 is 11.3 Å². The minimum absolute atomic E-state index is 0.321. The van der Waals surface area contributed by atoms with Crippen LogP contribution >= 0.6 is 0 Å². The summed E-state index contributed by atoms with van der Waals surface area (Å²) in [6.45, 7) is 0.610. The molecule has 1 amide bonds. The lowest BCUT2D eigenvalue weighted by Crippen LogP contribution is -2.30. The smallest absolute Gasteiger partial charge is 0.283 e. The number of nitrogen functional groups attached to an aromatic ring is 1. The third-order valence-corrected chi connectivity index (χ3v) is 3.18. The Labute approximate surface area is 116 Å². The van der Waals surface area contributed by atoms with Crippen molar-refractivity contribution in [2.45, 2.75) is 6.54 Å². The van der Waals surface area contributed by atoms with Gasteiger partial charge in [0.1, 0.15) is 5.69 Å². The molecular weight excluding hydrogens is 252 g/mol. The van der Waals surface area contributed by atoms with Crippen LogP contribution in [0.4, 0.5) is 0 Å². The van der Waals surface area contributed by atoms with Gasteiger partial charge >= 0.3 is 0 Å². The summed E-state index contributed by atoms with van der Waals surface area (Å²) < 4.78 is 2.10. The average molecular weight is 266 g/mol. The number of hydrogen-bond donors (Lipinski definition) is 2. The van der Waals surface area contributed by atoms with Gasteiger partial charge in [0.2, 0.25) is 0 Å². The first-order chi connectivity index (χ1) is 9.78. The van der Waals surface area contributed by atoms with E-state index in [9.17, 15) is 4.79 Å². The third kappa shape index (κ3) is 2.26. The van der Waals surface area contributed by atoms with Crippen LogP contribution in [0.2, 0.25) is 0 Å². The first-order valence-electron chi connectivity index (χ1n) is 6.28. The van der Waals surface area contributed by atoms with Gasteiger partial charge in [0, 0.05) is 11.7 Å². The van der Waals surface area contributed by atoms with Crippen molar-refractivity contribution in [2.75, 3.05) is 0 Å². The number of carbonyl (C=O) groups excluding carboxylic acids is 1. The van der Waals surface area contributed by atoms with Gasteiger partial charge in [0.25, 0.3) is 5.91 Å². The molecule has 5 heteroatoms.